The van der Waals surface area contributed by atoms with Crippen LogP contribution in [0.2, 0.25) is 0 Å². The molecule has 180 valence electrons. The Hall–Kier alpha value is -3.43. The number of benzene rings is 2. The normalized spacial score (nSPS) is 22.1. The molecule has 1 aromatic heterocycles. The predicted octanol–water partition coefficient (Wildman–Crippen LogP) is 2.94. The van der Waals surface area contributed by atoms with E-state index in [0.29, 0.717) is 24.5 Å². The summed E-state index contributed by atoms with van der Waals surface area (Å²) in [4.78, 5) is 14.8. The molecule has 4 atom stereocenters. The third-order valence-electron chi connectivity index (χ3n) is 5.99. The van der Waals surface area contributed by atoms with Crippen LogP contribution >= 0.6 is 0 Å². The molecule has 3 aromatic rings. The van der Waals surface area contributed by atoms with Gasteiger partial charge in [0.2, 0.25) is 0 Å². The molecule has 1 saturated carbocycles. The summed E-state index contributed by atoms with van der Waals surface area (Å²) in [6.45, 7) is 2.23. The molecule has 0 aliphatic heterocycles. The number of aryl methyl sites for hydroxylation is 1. The average molecular weight is 470 g/mol. The Morgan fingerprint density at radius 1 is 1.24 bits per heavy atom. The van der Waals surface area contributed by atoms with Gasteiger partial charge >= 0.3 is 0 Å². The van der Waals surface area contributed by atoms with E-state index >= 15 is 0 Å². The summed E-state index contributed by atoms with van der Waals surface area (Å²) in [6.07, 6.45) is -1.25. The molecule has 0 unspecified atom stereocenters. The summed E-state index contributed by atoms with van der Waals surface area (Å²) >= 11 is 0. The van der Waals surface area contributed by atoms with Gasteiger partial charge in [0.1, 0.15) is 35.3 Å². The predicted molar refractivity (Wildman–Crippen MR) is 122 cm³/mol. The molecule has 0 bridgehead atoms. The Kier molecular flexibility index (Phi) is 7.14. The highest BCUT2D eigenvalue weighted by Gasteiger charge is 2.46. The summed E-state index contributed by atoms with van der Waals surface area (Å²) in [6, 6.07) is 14.1. The zero-order valence-corrected chi connectivity index (χ0v) is 19.3. The van der Waals surface area contributed by atoms with Crippen molar-refractivity contribution in [2.45, 2.75) is 44.2 Å². The minimum Gasteiger partial charge on any atom is -0.497 e. The lowest BCUT2D eigenvalue weighted by Gasteiger charge is -2.32. The van der Waals surface area contributed by atoms with E-state index < -0.39 is 36.0 Å². The molecular formula is C25H28FN3O5. The van der Waals surface area contributed by atoms with Crippen LogP contribution in [0.3, 0.4) is 0 Å². The van der Waals surface area contributed by atoms with E-state index in [2.05, 4.69) is 10.5 Å². The lowest BCUT2D eigenvalue weighted by atomic mass is 10.1. The Labute approximate surface area is 197 Å². The summed E-state index contributed by atoms with van der Waals surface area (Å²) in [5.74, 6) is 0.772. The fourth-order valence-electron chi connectivity index (χ4n) is 4.37. The van der Waals surface area contributed by atoms with Crippen molar-refractivity contribution in [3.8, 4) is 11.5 Å². The highest BCUT2D eigenvalue weighted by Crippen LogP contribution is 2.30. The van der Waals surface area contributed by atoms with E-state index in [1.54, 1.807) is 32.2 Å². The minimum atomic E-state index is -0.934. The second-order valence-electron chi connectivity index (χ2n) is 8.50. The molecule has 2 N–H and O–H groups in total. The molecule has 9 heteroatoms. The van der Waals surface area contributed by atoms with Crippen LogP contribution in [-0.2, 0) is 6.54 Å². The number of nitrogens with one attached hydrogen (secondary N) is 1. The second kappa shape index (κ2) is 10.2. The van der Waals surface area contributed by atoms with Crippen LogP contribution in [0.5, 0.6) is 11.5 Å². The van der Waals surface area contributed by atoms with Crippen LogP contribution in [0.15, 0.2) is 59.1 Å². The molecule has 2 aromatic carbocycles. The smallest absolute Gasteiger partial charge is 0.273 e. The van der Waals surface area contributed by atoms with Gasteiger partial charge in [0.25, 0.3) is 5.91 Å². The number of methoxy groups -OCH3 is 1. The molecule has 34 heavy (non-hydrogen) atoms. The fraction of sp³-hybridized carbons (Fsp3) is 0.360. The van der Waals surface area contributed by atoms with Crippen molar-refractivity contribution >= 4 is 5.91 Å². The summed E-state index contributed by atoms with van der Waals surface area (Å²) in [7, 11) is 3.49. The van der Waals surface area contributed by atoms with E-state index in [-0.39, 0.29) is 5.69 Å². The number of halogens is 1. The number of likely N-dealkylation sites (N-methyl/N-ethyl adjacent to an activating group) is 1. The van der Waals surface area contributed by atoms with Crippen LogP contribution in [0.1, 0.15) is 28.2 Å². The first-order valence-electron chi connectivity index (χ1n) is 11.0. The summed E-state index contributed by atoms with van der Waals surface area (Å²) in [5.41, 5.74) is 1.18. The quantitative estimate of drug-likeness (QED) is 0.524. The standard InChI is InChI=1S/C25H28FN3O5/c1-15-11-21(28-34-15)25(31)27-20-13-22(33-19-6-4-5-17(26)12-19)24(30)23(20)29(2)14-16-7-9-18(32-3)10-8-16/h4-12,20,22-24,30H,13-14H2,1-3H3,(H,27,31)/t20-,22-,23+,24+/m1/s1. The first-order chi connectivity index (χ1) is 16.3. The van der Waals surface area contributed by atoms with Crippen molar-refractivity contribution in [1.29, 1.82) is 0 Å². The van der Waals surface area contributed by atoms with Crippen molar-refractivity contribution in [2.24, 2.45) is 0 Å². The minimum absolute atomic E-state index is 0.165. The van der Waals surface area contributed by atoms with Crippen LogP contribution in [-0.4, -0.2) is 59.5 Å². The lowest BCUT2D eigenvalue weighted by Crippen LogP contribution is -2.51. The lowest BCUT2D eigenvalue weighted by molar-refractivity contribution is 0.0124. The number of carbonyl (C=O) groups is 1. The van der Waals surface area contributed by atoms with Gasteiger partial charge in [-0.15, -0.1) is 0 Å². The van der Waals surface area contributed by atoms with Gasteiger partial charge in [-0.3, -0.25) is 9.69 Å². The molecule has 0 saturated heterocycles. The summed E-state index contributed by atoms with van der Waals surface area (Å²) in [5, 5.41) is 17.9. The number of ether oxygens (including phenoxy) is 2. The van der Waals surface area contributed by atoms with Crippen molar-refractivity contribution in [3.05, 3.63) is 77.4 Å². The Balaban J connectivity index is 1.53. The van der Waals surface area contributed by atoms with Crippen LogP contribution in [0, 0.1) is 12.7 Å². The average Bonchev–Trinajstić information content (AvgIpc) is 3.37. The number of aromatic nitrogens is 1. The topological polar surface area (TPSA) is 97.1 Å². The van der Waals surface area contributed by atoms with Gasteiger partial charge in [-0.05, 0) is 43.8 Å². The first kappa shape index (κ1) is 23.7. The molecule has 1 aliphatic rings. The van der Waals surface area contributed by atoms with Gasteiger partial charge in [0.05, 0.1) is 19.2 Å². The molecule has 1 amide bonds. The molecule has 0 spiro atoms. The number of rotatable bonds is 8. The number of amides is 1. The highest BCUT2D eigenvalue weighted by atomic mass is 19.1. The first-order valence-corrected chi connectivity index (χ1v) is 11.0. The Morgan fingerprint density at radius 3 is 2.65 bits per heavy atom. The third-order valence-corrected chi connectivity index (χ3v) is 5.99. The van der Waals surface area contributed by atoms with E-state index in [4.69, 9.17) is 14.0 Å². The molecule has 1 aliphatic carbocycles. The van der Waals surface area contributed by atoms with Gasteiger partial charge in [-0.2, -0.15) is 0 Å². The SMILES string of the molecule is COc1ccc(CN(C)[C@@H]2[C@@H](O)[C@H](Oc3cccc(F)c3)C[C@H]2NC(=O)c2cc(C)on2)cc1. The number of hydrogen-bond acceptors (Lipinski definition) is 7. The maximum atomic E-state index is 13.6. The van der Waals surface area contributed by atoms with Gasteiger partial charge < -0.3 is 24.4 Å². The number of aliphatic hydroxyl groups is 1. The zero-order chi connectivity index (χ0) is 24.2. The third kappa shape index (κ3) is 5.37. The van der Waals surface area contributed by atoms with Crippen LogP contribution in [0.4, 0.5) is 4.39 Å². The molecular weight excluding hydrogens is 441 g/mol. The van der Waals surface area contributed by atoms with Crippen molar-refractivity contribution in [3.63, 3.8) is 0 Å². The largest absolute Gasteiger partial charge is 0.497 e. The van der Waals surface area contributed by atoms with Crippen molar-refractivity contribution in [2.75, 3.05) is 14.2 Å². The van der Waals surface area contributed by atoms with E-state index in [0.717, 1.165) is 11.3 Å². The number of carbonyl (C=O) groups excluding carboxylic acids is 1. The second-order valence-corrected chi connectivity index (χ2v) is 8.50. The van der Waals surface area contributed by atoms with Crippen molar-refractivity contribution < 1.29 is 28.3 Å². The van der Waals surface area contributed by atoms with E-state index in [1.165, 1.54) is 12.1 Å². The molecule has 4 rings (SSSR count). The van der Waals surface area contributed by atoms with E-state index in [9.17, 15) is 14.3 Å². The number of hydrogen-bond donors (Lipinski definition) is 2. The highest BCUT2D eigenvalue weighted by molar-refractivity contribution is 5.92. The summed E-state index contributed by atoms with van der Waals surface area (Å²) < 4.78 is 29.8. The van der Waals surface area contributed by atoms with E-state index in [1.807, 2.05) is 36.2 Å². The van der Waals surface area contributed by atoms with Gasteiger partial charge in [0, 0.05) is 25.1 Å². The maximum Gasteiger partial charge on any atom is 0.273 e. The van der Waals surface area contributed by atoms with Crippen LogP contribution < -0.4 is 14.8 Å². The Bertz CT molecular complexity index is 1120. The van der Waals surface area contributed by atoms with Gasteiger partial charge in [0.15, 0.2) is 5.69 Å². The molecule has 1 fully saturated rings. The number of aliphatic hydroxyl groups excluding tert-OH is 1. The zero-order valence-electron chi connectivity index (χ0n) is 19.3. The molecule has 1 heterocycles. The monoisotopic (exact) mass is 469 g/mol. The van der Waals surface area contributed by atoms with Crippen LogP contribution in [0.25, 0.3) is 0 Å². The Morgan fingerprint density at radius 2 is 2.00 bits per heavy atom. The van der Waals surface area contributed by atoms with Crippen molar-refractivity contribution in [1.82, 2.24) is 15.4 Å². The number of nitrogens with zero attached hydrogens (tertiary/aromatic N) is 2. The molecule has 8 nitrogen and oxygen atoms in total. The van der Waals surface area contributed by atoms with Gasteiger partial charge in [-0.25, -0.2) is 4.39 Å². The fourth-order valence-corrected chi connectivity index (χ4v) is 4.37. The maximum absolute atomic E-state index is 13.6. The molecule has 0 radical (unpaired) electrons. The van der Waals surface area contributed by atoms with Gasteiger partial charge in [-0.1, -0.05) is 23.4 Å².